The van der Waals surface area contributed by atoms with Gasteiger partial charge in [-0.3, -0.25) is 9.59 Å². The van der Waals surface area contributed by atoms with Crippen LogP contribution in [0.3, 0.4) is 0 Å². The number of halogens is 1. The number of ether oxygens (including phenoxy) is 1. The molecule has 1 unspecified atom stereocenters. The van der Waals surface area contributed by atoms with E-state index in [-0.39, 0.29) is 22.8 Å². The molecule has 0 aliphatic carbocycles. The average Bonchev–Trinajstić information content (AvgIpc) is 2.31. The second-order valence-electron chi connectivity index (χ2n) is 3.53. The van der Waals surface area contributed by atoms with Crippen molar-refractivity contribution >= 4 is 29.5 Å². The van der Waals surface area contributed by atoms with Gasteiger partial charge in [-0.1, -0.05) is 17.7 Å². The highest BCUT2D eigenvalue weighted by molar-refractivity contribution is 6.32. The van der Waals surface area contributed by atoms with Crippen LogP contribution in [-0.2, 0) is 14.3 Å². The Balaban J connectivity index is 3.42. The highest BCUT2D eigenvalue weighted by Gasteiger charge is 2.35. The minimum atomic E-state index is -1.76. The van der Waals surface area contributed by atoms with E-state index in [1.807, 2.05) is 0 Å². The zero-order chi connectivity index (χ0) is 14.6. The summed E-state index contributed by atoms with van der Waals surface area (Å²) in [5.74, 6) is -5.70. The molecule has 0 fully saturated rings. The fourth-order valence-corrected chi connectivity index (χ4v) is 1.87. The number of rotatable bonds is 5. The summed E-state index contributed by atoms with van der Waals surface area (Å²) < 4.78 is 4.64. The Morgan fingerprint density at radius 3 is 2.42 bits per heavy atom. The van der Waals surface area contributed by atoms with Crippen molar-refractivity contribution in [2.24, 2.45) is 0 Å². The van der Waals surface area contributed by atoms with Gasteiger partial charge in [0.1, 0.15) is 0 Å². The van der Waals surface area contributed by atoms with Gasteiger partial charge in [-0.05, 0) is 19.1 Å². The Morgan fingerprint density at radius 1 is 1.32 bits per heavy atom. The number of hydrogen-bond acceptors (Lipinski definition) is 4. The number of carbonyl (C=O) groups excluding carboxylic acids is 1. The van der Waals surface area contributed by atoms with Crippen LogP contribution in [0.4, 0.5) is 0 Å². The van der Waals surface area contributed by atoms with E-state index < -0.39 is 23.8 Å². The third kappa shape index (κ3) is 3.23. The van der Waals surface area contributed by atoms with Gasteiger partial charge in [0.2, 0.25) is 0 Å². The van der Waals surface area contributed by atoms with Crippen molar-refractivity contribution in [3.63, 3.8) is 0 Å². The van der Waals surface area contributed by atoms with Crippen LogP contribution in [0.15, 0.2) is 18.2 Å². The molecule has 7 heteroatoms. The Labute approximate surface area is 113 Å². The quantitative estimate of drug-likeness (QED) is 0.632. The summed E-state index contributed by atoms with van der Waals surface area (Å²) in [4.78, 5) is 33.9. The minimum absolute atomic E-state index is 0.0184. The normalized spacial score (nSPS) is 11.7. The first-order chi connectivity index (χ1) is 8.90. The molecule has 0 saturated carbocycles. The SMILES string of the molecule is CCOC(=O)C(C(=O)O)c1c(Cl)cccc1C(=O)O. The number of carboxylic acids is 2. The van der Waals surface area contributed by atoms with E-state index in [0.29, 0.717) is 0 Å². The van der Waals surface area contributed by atoms with Gasteiger partial charge in [0.05, 0.1) is 12.2 Å². The van der Waals surface area contributed by atoms with Gasteiger partial charge < -0.3 is 14.9 Å². The lowest BCUT2D eigenvalue weighted by Gasteiger charge is -2.15. The smallest absolute Gasteiger partial charge is 0.336 e. The number of aromatic carboxylic acids is 1. The molecular weight excluding hydrogens is 276 g/mol. The zero-order valence-electron chi connectivity index (χ0n) is 9.92. The molecule has 1 aromatic rings. The second-order valence-corrected chi connectivity index (χ2v) is 3.94. The first-order valence-corrected chi connectivity index (χ1v) is 5.69. The molecule has 0 aliphatic rings. The summed E-state index contributed by atoms with van der Waals surface area (Å²) in [6.45, 7) is 1.50. The van der Waals surface area contributed by atoms with Crippen LogP contribution in [0.2, 0.25) is 5.02 Å². The standard InChI is InChI=1S/C12H11ClO6/c1-2-19-12(18)9(11(16)17)8-6(10(14)15)4-3-5-7(8)13/h3-5,9H,2H2,1H3,(H,14,15)(H,16,17). The number of hydrogen-bond donors (Lipinski definition) is 2. The minimum Gasteiger partial charge on any atom is -0.480 e. The van der Waals surface area contributed by atoms with Gasteiger partial charge in [-0.15, -0.1) is 0 Å². The van der Waals surface area contributed by atoms with Crippen LogP contribution in [0.1, 0.15) is 28.8 Å². The molecule has 0 spiro atoms. The molecule has 0 bridgehead atoms. The maximum atomic E-state index is 11.7. The fourth-order valence-electron chi connectivity index (χ4n) is 1.58. The monoisotopic (exact) mass is 286 g/mol. The van der Waals surface area contributed by atoms with Gasteiger partial charge >= 0.3 is 17.9 Å². The number of carboxylic acid groups (broad SMARTS) is 2. The van der Waals surface area contributed by atoms with Crippen molar-refractivity contribution in [1.29, 1.82) is 0 Å². The third-order valence-electron chi connectivity index (χ3n) is 2.34. The van der Waals surface area contributed by atoms with Crippen LogP contribution in [-0.4, -0.2) is 34.7 Å². The van der Waals surface area contributed by atoms with Gasteiger partial charge in [-0.2, -0.15) is 0 Å². The fraction of sp³-hybridized carbons (Fsp3) is 0.250. The molecule has 1 rings (SSSR count). The summed E-state index contributed by atoms with van der Waals surface area (Å²) in [7, 11) is 0. The summed E-state index contributed by atoms with van der Waals surface area (Å²) >= 11 is 5.82. The van der Waals surface area contributed by atoms with Crippen LogP contribution < -0.4 is 0 Å². The molecule has 0 heterocycles. The van der Waals surface area contributed by atoms with Crippen molar-refractivity contribution in [2.75, 3.05) is 6.61 Å². The van der Waals surface area contributed by atoms with Crippen molar-refractivity contribution in [2.45, 2.75) is 12.8 Å². The summed E-state index contributed by atoms with van der Waals surface area (Å²) in [5.41, 5.74) is -0.615. The predicted octanol–water partition coefficient (Wildman–Crippen LogP) is 1.77. The Bertz CT molecular complexity index is 525. The topological polar surface area (TPSA) is 101 Å². The lowest BCUT2D eigenvalue weighted by molar-refractivity contribution is -0.153. The predicted molar refractivity (Wildman–Crippen MR) is 65.4 cm³/mol. The highest BCUT2D eigenvalue weighted by atomic mass is 35.5. The maximum Gasteiger partial charge on any atom is 0.336 e. The number of benzene rings is 1. The lowest BCUT2D eigenvalue weighted by Crippen LogP contribution is -2.26. The van der Waals surface area contributed by atoms with Gasteiger partial charge in [-0.25, -0.2) is 4.79 Å². The molecule has 0 amide bonds. The molecular formula is C12H11ClO6. The molecule has 0 aliphatic heterocycles. The van der Waals surface area contributed by atoms with E-state index in [9.17, 15) is 14.4 Å². The van der Waals surface area contributed by atoms with Gasteiger partial charge in [0.25, 0.3) is 0 Å². The van der Waals surface area contributed by atoms with E-state index in [0.717, 1.165) is 0 Å². The number of aliphatic carboxylic acids is 1. The van der Waals surface area contributed by atoms with E-state index >= 15 is 0 Å². The second kappa shape index (κ2) is 6.19. The Kier molecular flexibility index (Phi) is 4.88. The van der Waals surface area contributed by atoms with E-state index in [1.54, 1.807) is 0 Å². The van der Waals surface area contributed by atoms with Crippen molar-refractivity contribution in [3.8, 4) is 0 Å². The largest absolute Gasteiger partial charge is 0.480 e. The molecule has 102 valence electrons. The lowest BCUT2D eigenvalue weighted by atomic mass is 9.94. The molecule has 0 radical (unpaired) electrons. The summed E-state index contributed by atoms with van der Waals surface area (Å²) in [6.07, 6.45) is 0. The zero-order valence-corrected chi connectivity index (χ0v) is 10.7. The molecule has 0 aromatic heterocycles. The van der Waals surface area contributed by atoms with Crippen molar-refractivity contribution in [3.05, 3.63) is 34.3 Å². The molecule has 1 aromatic carbocycles. The van der Waals surface area contributed by atoms with Crippen molar-refractivity contribution in [1.82, 2.24) is 0 Å². The summed E-state index contributed by atoms with van der Waals surface area (Å²) in [6, 6.07) is 3.86. The van der Waals surface area contributed by atoms with Gasteiger partial charge in [0.15, 0.2) is 5.92 Å². The Morgan fingerprint density at radius 2 is 1.95 bits per heavy atom. The average molecular weight is 287 g/mol. The van der Waals surface area contributed by atoms with Crippen LogP contribution in [0.25, 0.3) is 0 Å². The maximum absolute atomic E-state index is 11.7. The third-order valence-corrected chi connectivity index (χ3v) is 2.67. The highest BCUT2D eigenvalue weighted by Crippen LogP contribution is 2.29. The molecule has 1 atom stereocenters. The van der Waals surface area contributed by atoms with E-state index in [2.05, 4.69) is 4.74 Å². The van der Waals surface area contributed by atoms with E-state index in [1.165, 1.54) is 25.1 Å². The van der Waals surface area contributed by atoms with Gasteiger partial charge in [0, 0.05) is 10.6 Å². The van der Waals surface area contributed by atoms with Crippen LogP contribution in [0.5, 0.6) is 0 Å². The van der Waals surface area contributed by atoms with E-state index in [4.69, 9.17) is 21.8 Å². The molecule has 6 nitrogen and oxygen atoms in total. The molecule has 2 N–H and O–H groups in total. The number of carbonyl (C=O) groups is 3. The first kappa shape index (κ1) is 15.0. The van der Waals surface area contributed by atoms with Crippen LogP contribution >= 0.6 is 11.6 Å². The summed E-state index contributed by atoms with van der Waals surface area (Å²) in [5, 5.41) is 18.0. The Hall–Kier alpha value is -2.08. The van der Waals surface area contributed by atoms with Crippen molar-refractivity contribution < 1.29 is 29.3 Å². The molecule has 0 saturated heterocycles. The van der Waals surface area contributed by atoms with Crippen LogP contribution in [0, 0.1) is 0 Å². The first-order valence-electron chi connectivity index (χ1n) is 5.31. The number of esters is 1. The molecule has 19 heavy (non-hydrogen) atoms.